The SMILES string of the molecule is Cn1ncc2cc(C(=O)ON3C(=O)c4ccccc4C3=O)sc21. The van der Waals surface area contributed by atoms with Gasteiger partial charge in [-0.15, -0.1) is 11.3 Å². The maximum atomic E-state index is 12.2. The molecule has 4 rings (SSSR count). The van der Waals surface area contributed by atoms with Crippen LogP contribution in [0.3, 0.4) is 0 Å². The van der Waals surface area contributed by atoms with Gasteiger partial charge in [0.2, 0.25) is 0 Å². The second kappa shape index (κ2) is 4.75. The fraction of sp³-hybridized carbons (Fsp3) is 0.0667. The molecule has 1 aliphatic heterocycles. The summed E-state index contributed by atoms with van der Waals surface area (Å²) in [6.07, 6.45) is 1.63. The van der Waals surface area contributed by atoms with Crippen LogP contribution < -0.4 is 0 Å². The standard InChI is InChI=1S/C15H9N3O4S/c1-17-14-8(7-16-17)6-11(23-14)15(21)22-18-12(19)9-4-2-3-5-10(9)13(18)20/h2-7H,1H3. The monoisotopic (exact) mass is 327 g/mol. The summed E-state index contributed by atoms with van der Waals surface area (Å²) < 4.78 is 1.64. The number of carbonyl (C=O) groups is 3. The Morgan fingerprint density at radius 2 is 1.83 bits per heavy atom. The van der Waals surface area contributed by atoms with Gasteiger partial charge in [0.05, 0.1) is 17.3 Å². The molecule has 0 radical (unpaired) electrons. The minimum Gasteiger partial charge on any atom is -0.323 e. The van der Waals surface area contributed by atoms with E-state index in [0.29, 0.717) is 9.94 Å². The maximum absolute atomic E-state index is 12.2. The van der Waals surface area contributed by atoms with Gasteiger partial charge in [0.25, 0.3) is 11.8 Å². The topological polar surface area (TPSA) is 81.5 Å². The highest BCUT2D eigenvalue weighted by Crippen LogP contribution is 2.27. The number of nitrogens with zero attached hydrogens (tertiary/aromatic N) is 3. The number of amides is 2. The highest BCUT2D eigenvalue weighted by atomic mass is 32.1. The molecule has 2 aromatic heterocycles. The number of benzene rings is 1. The molecule has 0 fully saturated rings. The number of carbonyl (C=O) groups excluding carboxylic acids is 3. The van der Waals surface area contributed by atoms with E-state index in [1.54, 1.807) is 36.1 Å². The van der Waals surface area contributed by atoms with E-state index in [1.807, 2.05) is 0 Å². The third-order valence-electron chi connectivity index (χ3n) is 3.54. The van der Waals surface area contributed by atoms with Crippen molar-refractivity contribution >= 4 is 39.3 Å². The highest BCUT2D eigenvalue weighted by Gasteiger charge is 2.39. The van der Waals surface area contributed by atoms with Crippen molar-refractivity contribution < 1.29 is 19.2 Å². The Kier molecular flexibility index (Phi) is 2.82. The summed E-state index contributed by atoms with van der Waals surface area (Å²) in [7, 11) is 1.76. The first-order chi connectivity index (χ1) is 11.1. The van der Waals surface area contributed by atoms with Gasteiger partial charge in [0, 0.05) is 12.4 Å². The van der Waals surface area contributed by atoms with Crippen molar-refractivity contribution in [1.82, 2.24) is 14.8 Å². The second-order valence-electron chi connectivity index (χ2n) is 4.97. The van der Waals surface area contributed by atoms with Gasteiger partial charge >= 0.3 is 5.97 Å². The van der Waals surface area contributed by atoms with Gasteiger partial charge in [-0.3, -0.25) is 14.3 Å². The smallest absolute Gasteiger partial charge is 0.323 e. The first-order valence-electron chi connectivity index (χ1n) is 6.68. The number of thiophene rings is 1. The van der Waals surface area contributed by atoms with Crippen molar-refractivity contribution in [3.63, 3.8) is 0 Å². The molecular formula is C15H9N3O4S. The first kappa shape index (κ1) is 13.6. The van der Waals surface area contributed by atoms with Crippen LogP contribution in [-0.2, 0) is 11.9 Å². The summed E-state index contributed by atoms with van der Waals surface area (Å²) in [4.78, 5) is 42.7. The molecule has 2 amide bonds. The van der Waals surface area contributed by atoms with Crippen molar-refractivity contribution in [2.75, 3.05) is 0 Å². The van der Waals surface area contributed by atoms with Crippen LogP contribution >= 0.6 is 11.3 Å². The molecule has 0 saturated carbocycles. The van der Waals surface area contributed by atoms with E-state index in [4.69, 9.17) is 4.84 Å². The number of hydrogen-bond acceptors (Lipinski definition) is 6. The fourth-order valence-corrected chi connectivity index (χ4v) is 3.34. The van der Waals surface area contributed by atoms with E-state index >= 15 is 0 Å². The van der Waals surface area contributed by atoms with Crippen LogP contribution in [0.25, 0.3) is 10.2 Å². The van der Waals surface area contributed by atoms with Crippen molar-refractivity contribution in [3.8, 4) is 0 Å². The van der Waals surface area contributed by atoms with Crippen LogP contribution in [0.5, 0.6) is 0 Å². The van der Waals surface area contributed by atoms with Gasteiger partial charge < -0.3 is 4.84 Å². The molecule has 1 aromatic carbocycles. The Balaban J connectivity index is 1.62. The van der Waals surface area contributed by atoms with Gasteiger partial charge in [-0.2, -0.15) is 5.10 Å². The average molecular weight is 327 g/mol. The van der Waals surface area contributed by atoms with Gasteiger partial charge in [-0.05, 0) is 18.2 Å². The Morgan fingerprint density at radius 1 is 1.17 bits per heavy atom. The molecule has 8 heteroatoms. The lowest BCUT2D eigenvalue weighted by molar-refractivity contribution is -0.0581. The summed E-state index contributed by atoms with van der Waals surface area (Å²) in [6.45, 7) is 0. The quantitative estimate of drug-likeness (QED) is 0.673. The van der Waals surface area contributed by atoms with Crippen molar-refractivity contribution in [3.05, 3.63) is 52.5 Å². The molecular weight excluding hydrogens is 318 g/mol. The van der Waals surface area contributed by atoms with Crippen LogP contribution in [0, 0.1) is 0 Å². The van der Waals surface area contributed by atoms with Crippen LogP contribution in [0.15, 0.2) is 36.5 Å². The summed E-state index contributed by atoms with van der Waals surface area (Å²) in [5.41, 5.74) is 0.455. The molecule has 0 atom stereocenters. The Morgan fingerprint density at radius 3 is 2.43 bits per heavy atom. The lowest BCUT2D eigenvalue weighted by Crippen LogP contribution is -2.32. The first-order valence-corrected chi connectivity index (χ1v) is 7.49. The lowest BCUT2D eigenvalue weighted by atomic mass is 10.1. The van der Waals surface area contributed by atoms with Crippen LogP contribution in [0.1, 0.15) is 30.4 Å². The molecule has 7 nitrogen and oxygen atoms in total. The Hall–Kier alpha value is -3.00. The molecule has 23 heavy (non-hydrogen) atoms. The number of aromatic nitrogens is 2. The minimum absolute atomic E-state index is 0.228. The second-order valence-corrected chi connectivity index (χ2v) is 6.00. The van der Waals surface area contributed by atoms with E-state index in [-0.39, 0.29) is 11.1 Å². The molecule has 0 unspecified atom stereocenters. The van der Waals surface area contributed by atoms with Crippen LogP contribution in [0.4, 0.5) is 0 Å². The number of rotatable bonds is 2. The highest BCUT2D eigenvalue weighted by molar-refractivity contribution is 7.20. The zero-order valence-corrected chi connectivity index (χ0v) is 12.7. The molecule has 1 aliphatic rings. The normalized spacial score (nSPS) is 13.7. The molecule has 3 aromatic rings. The molecule has 3 heterocycles. The van der Waals surface area contributed by atoms with Gasteiger partial charge in [-0.25, -0.2) is 4.79 Å². The molecule has 0 saturated heterocycles. The number of hydrogen-bond donors (Lipinski definition) is 0. The number of aryl methyl sites for hydroxylation is 1. The van der Waals surface area contributed by atoms with E-state index in [9.17, 15) is 14.4 Å². The Bertz CT molecular complexity index is 953. The molecule has 0 bridgehead atoms. The predicted octanol–water partition coefficient (Wildman–Crippen LogP) is 2.00. The summed E-state index contributed by atoms with van der Waals surface area (Å²) in [5.74, 6) is -2.02. The van der Waals surface area contributed by atoms with Gasteiger partial charge in [0.15, 0.2) is 0 Å². The van der Waals surface area contributed by atoms with E-state index in [0.717, 1.165) is 10.2 Å². The average Bonchev–Trinajstić information content (AvgIpc) is 3.19. The largest absolute Gasteiger partial charge is 0.373 e. The van der Waals surface area contributed by atoms with E-state index in [2.05, 4.69) is 5.10 Å². The van der Waals surface area contributed by atoms with Gasteiger partial charge in [0.1, 0.15) is 9.71 Å². The number of fused-ring (bicyclic) bond motifs is 2. The zero-order valence-electron chi connectivity index (χ0n) is 11.8. The van der Waals surface area contributed by atoms with E-state index in [1.165, 1.54) is 23.5 Å². The predicted molar refractivity (Wildman–Crippen MR) is 80.9 cm³/mol. The van der Waals surface area contributed by atoms with E-state index < -0.39 is 17.8 Å². The zero-order chi connectivity index (χ0) is 16.1. The van der Waals surface area contributed by atoms with Crippen LogP contribution in [-0.4, -0.2) is 32.6 Å². The third-order valence-corrected chi connectivity index (χ3v) is 4.73. The minimum atomic E-state index is -0.749. The summed E-state index contributed by atoms with van der Waals surface area (Å²) in [6, 6.07) is 7.96. The lowest BCUT2D eigenvalue weighted by Gasteiger charge is -2.11. The Labute approximate surface area is 133 Å². The molecule has 0 spiro atoms. The van der Waals surface area contributed by atoms with Crippen molar-refractivity contribution in [2.45, 2.75) is 0 Å². The van der Waals surface area contributed by atoms with Crippen LogP contribution in [0.2, 0.25) is 0 Å². The van der Waals surface area contributed by atoms with Crippen molar-refractivity contribution in [2.24, 2.45) is 7.05 Å². The molecule has 114 valence electrons. The maximum Gasteiger partial charge on any atom is 0.373 e. The number of imide groups is 1. The number of hydroxylamine groups is 2. The summed E-state index contributed by atoms with van der Waals surface area (Å²) >= 11 is 1.19. The van der Waals surface area contributed by atoms with Gasteiger partial charge in [-0.1, -0.05) is 17.2 Å². The van der Waals surface area contributed by atoms with Crippen molar-refractivity contribution in [1.29, 1.82) is 0 Å². The molecule has 0 N–H and O–H groups in total. The third kappa shape index (κ3) is 1.95. The summed E-state index contributed by atoms with van der Waals surface area (Å²) in [5, 5.41) is 5.37. The molecule has 0 aliphatic carbocycles. The fourth-order valence-electron chi connectivity index (χ4n) is 2.42.